The molecule has 1 aliphatic rings. The molecule has 5 rings (SSSR count). The Kier molecular flexibility index (Phi) is 4.89. The minimum Gasteiger partial charge on any atom is -0.354 e. The predicted octanol–water partition coefficient (Wildman–Crippen LogP) is 5.84. The van der Waals surface area contributed by atoms with Crippen LogP contribution in [-0.2, 0) is 4.79 Å². The second-order valence-corrected chi connectivity index (χ2v) is 7.98. The molecule has 148 valence electrons. The van der Waals surface area contributed by atoms with Crippen LogP contribution in [0.5, 0.6) is 0 Å². The molecule has 0 saturated carbocycles. The molecule has 30 heavy (non-hydrogen) atoms. The van der Waals surface area contributed by atoms with Crippen molar-refractivity contribution in [1.29, 1.82) is 0 Å². The standard InChI is InChI=1S/C26H21ClN2O/c27-23-11-7-20(8-12-23)25-26(30)28-15-16-29(25)24-13-9-19(10-14-24)22-6-5-18-3-1-2-4-21(18)17-22/h1-14,17,25H,15-16H2,(H,28,30). The normalized spacial score (nSPS) is 16.5. The molecule has 0 bridgehead atoms. The maximum absolute atomic E-state index is 12.7. The Hall–Kier alpha value is -3.30. The fourth-order valence-electron chi connectivity index (χ4n) is 4.14. The number of carbonyl (C=O) groups excluding carboxylic acids is 1. The van der Waals surface area contributed by atoms with E-state index in [4.69, 9.17) is 11.6 Å². The van der Waals surface area contributed by atoms with Crippen molar-refractivity contribution in [1.82, 2.24) is 5.32 Å². The summed E-state index contributed by atoms with van der Waals surface area (Å²) in [6.07, 6.45) is 0. The van der Waals surface area contributed by atoms with Crippen LogP contribution < -0.4 is 10.2 Å². The van der Waals surface area contributed by atoms with Gasteiger partial charge in [-0.15, -0.1) is 0 Å². The van der Waals surface area contributed by atoms with Crippen LogP contribution in [-0.4, -0.2) is 19.0 Å². The van der Waals surface area contributed by atoms with E-state index in [1.165, 1.54) is 16.3 Å². The topological polar surface area (TPSA) is 32.3 Å². The number of nitrogens with one attached hydrogen (secondary N) is 1. The summed E-state index contributed by atoms with van der Waals surface area (Å²) < 4.78 is 0. The molecular formula is C26H21ClN2O. The molecule has 1 unspecified atom stereocenters. The van der Waals surface area contributed by atoms with Gasteiger partial charge in [0, 0.05) is 23.8 Å². The number of carbonyl (C=O) groups is 1. The number of hydrogen-bond acceptors (Lipinski definition) is 2. The van der Waals surface area contributed by atoms with Crippen molar-refractivity contribution in [2.45, 2.75) is 6.04 Å². The molecule has 4 heteroatoms. The van der Waals surface area contributed by atoms with Crippen molar-refractivity contribution < 1.29 is 4.79 Å². The molecule has 1 N–H and O–H groups in total. The van der Waals surface area contributed by atoms with Gasteiger partial charge in [-0.25, -0.2) is 0 Å². The Bertz CT molecular complexity index is 1200. The first-order valence-corrected chi connectivity index (χ1v) is 10.5. The third kappa shape index (κ3) is 3.53. The largest absolute Gasteiger partial charge is 0.354 e. The van der Waals surface area contributed by atoms with Gasteiger partial charge in [-0.05, 0) is 57.8 Å². The van der Waals surface area contributed by atoms with Crippen molar-refractivity contribution in [3.8, 4) is 11.1 Å². The van der Waals surface area contributed by atoms with Gasteiger partial charge in [0.05, 0.1) is 0 Å². The number of fused-ring (bicyclic) bond motifs is 1. The number of nitrogens with zero attached hydrogens (tertiary/aromatic N) is 1. The number of hydrogen-bond donors (Lipinski definition) is 1. The molecular weight excluding hydrogens is 392 g/mol. The zero-order chi connectivity index (χ0) is 20.5. The maximum Gasteiger partial charge on any atom is 0.247 e. The van der Waals surface area contributed by atoms with E-state index in [9.17, 15) is 4.79 Å². The van der Waals surface area contributed by atoms with E-state index < -0.39 is 0 Å². The molecule has 1 fully saturated rings. The van der Waals surface area contributed by atoms with E-state index >= 15 is 0 Å². The molecule has 1 heterocycles. The molecule has 0 spiro atoms. The van der Waals surface area contributed by atoms with Crippen LogP contribution in [0.4, 0.5) is 5.69 Å². The summed E-state index contributed by atoms with van der Waals surface area (Å²) in [5.74, 6) is 0.0159. The Balaban J connectivity index is 1.47. The molecule has 1 amide bonds. The summed E-state index contributed by atoms with van der Waals surface area (Å²) in [4.78, 5) is 14.8. The average molecular weight is 413 g/mol. The van der Waals surface area contributed by atoms with Gasteiger partial charge in [-0.1, -0.05) is 72.3 Å². The first kappa shape index (κ1) is 18.7. The summed E-state index contributed by atoms with van der Waals surface area (Å²) in [5, 5.41) is 6.12. The molecule has 1 atom stereocenters. The lowest BCUT2D eigenvalue weighted by molar-refractivity contribution is -0.123. The Labute approximate surface area is 180 Å². The van der Waals surface area contributed by atoms with Crippen LogP contribution in [0.2, 0.25) is 5.02 Å². The highest BCUT2D eigenvalue weighted by Gasteiger charge is 2.31. The molecule has 0 radical (unpaired) electrons. The molecule has 0 aromatic heterocycles. The third-order valence-electron chi connectivity index (χ3n) is 5.68. The van der Waals surface area contributed by atoms with Crippen LogP contribution in [0.15, 0.2) is 91.0 Å². The second-order valence-electron chi connectivity index (χ2n) is 7.55. The molecule has 4 aromatic carbocycles. The van der Waals surface area contributed by atoms with E-state index in [-0.39, 0.29) is 11.9 Å². The first-order valence-electron chi connectivity index (χ1n) is 10.1. The van der Waals surface area contributed by atoms with Crippen LogP contribution >= 0.6 is 11.6 Å². The molecule has 4 aromatic rings. The molecule has 3 nitrogen and oxygen atoms in total. The smallest absolute Gasteiger partial charge is 0.247 e. The fourth-order valence-corrected chi connectivity index (χ4v) is 4.26. The Morgan fingerprint density at radius 3 is 2.27 bits per heavy atom. The van der Waals surface area contributed by atoms with E-state index in [0.29, 0.717) is 11.6 Å². The monoisotopic (exact) mass is 412 g/mol. The fraction of sp³-hybridized carbons (Fsp3) is 0.115. The van der Waals surface area contributed by atoms with Crippen molar-refractivity contribution >= 4 is 34.0 Å². The predicted molar refractivity (Wildman–Crippen MR) is 124 cm³/mol. The van der Waals surface area contributed by atoms with Crippen molar-refractivity contribution in [3.05, 3.63) is 102 Å². The zero-order valence-electron chi connectivity index (χ0n) is 16.4. The highest BCUT2D eigenvalue weighted by atomic mass is 35.5. The van der Waals surface area contributed by atoms with Gasteiger partial charge in [-0.3, -0.25) is 4.79 Å². The van der Waals surface area contributed by atoms with Gasteiger partial charge in [-0.2, -0.15) is 0 Å². The minimum absolute atomic E-state index is 0.0159. The van der Waals surface area contributed by atoms with E-state index in [1.807, 2.05) is 24.3 Å². The maximum atomic E-state index is 12.7. The van der Waals surface area contributed by atoms with Crippen LogP contribution in [0.3, 0.4) is 0 Å². The summed E-state index contributed by atoms with van der Waals surface area (Å²) in [6, 6.07) is 30.5. The average Bonchev–Trinajstić information content (AvgIpc) is 2.79. The Morgan fingerprint density at radius 1 is 0.800 bits per heavy atom. The SMILES string of the molecule is O=C1NCCN(c2ccc(-c3ccc4ccccc4c3)cc2)C1c1ccc(Cl)cc1. The van der Waals surface area contributed by atoms with Crippen LogP contribution in [0.1, 0.15) is 11.6 Å². The van der Waals surface area contributed by atoms with Crippen molar-refractivity contribution in [2.24, 2.45) is 0 Å². The first-order chi connectivity index (χ1) is 14.7. The molecule has 1 saturated heterocycles. The van der Waals surface area contributed by atoms with Gasteiger partial charge in [0.2, 0.25) is 5.91 Å². The number of benzene rings is 4. The number of rotatable bonds is 3. The van der Waals surface area contributed by atoms with Gasteiger partial charge >= 0.3 is 0 Å². The highest BCUT2D eigenvalue weighted by Crippen LogP contribution is 2.32. The summed E-state index contributed by atoms with van der Waals surface area (Å²) in [7, 11) is 0. The van der Waals surface area contributed by atoms with Crippen LogP contribution in [0.25, 0.3) is 21.9 Å². The number of anilines is 1. The lowest BCUT2D eigenvalue weighted by Crippen LogP contribution is -2.50. The van der Waals surface area contributed by atoms with E-state index in [1.54, 1.807) is 0 Å². The molecule has 1 aliphatic heterocycles. The quantitative estimate of drug-likeness (QED) is 0.458. The minimum atomic E-state index is -0.359. The van der Waals surface area contributed by atoms with Crippen molar-refractivity contribution in [3.63, 3.8) is 0 Å². The number of piperazine rings is 1. The van der Waals surface area contributed by atoms with Gasteiger partial charge in [0.25, 0.3) is 0 Å². The van der Waals surface area contributed by atoms with Gasteiger partial charge in [0.1, 0.15) is 6.04 Å². The Morgan fingerprint density at radius 2 is 1.50 bits per heavy atom. The third-order valence-corrected chi connectivity index (χ3v) is 5.93. The summed E-state index contributed by atoms with van der Waals surface area (Å²) >= 11 is 6.04. The van der Waals surface area contributed by atoms with E-state index in [0.717, 1.165) is 23.4 Å². The highest BCUT2D eigenvalue weighted by molar-refractivity contribution is 6.30. The zero-order valence-corrected chi connectivity index (χ0v) is 17.1. The summed E-state index contributed by atoms with van der Waals surface area (Å²) in [5.41, 5.74) is 4.32. The summed E-state index contributed by atoms with van der Waals surface area (Å²) in [6.45, 7) is 1.39. The second kappa shape index (κ2) is 7.85. The lowest BCUT2D eigenvalue weighted by Gasteiger charge is -2.37. The number of halogens is 1. The lowest BCUT2D eigenvalue weighted by atomic mass is 9.99. The van der Waals surface area contributed by atoms with Gasteiger partial charge in [0.15, 0.2) is 0 Å². The van der Waals surface area contributed by atoms with Gasteiger partial charge < -0.3 is 10.2 Å². The number of amides is 1. The van der Waals surface area contributed by atoms with Crippen LogP contribution in [0, 0.1) is 0 Å². The van der Waals surface area contributed by atoms with Crippen molar-refractivity contribution in [2.75, 3.05) is 18.0 Å². The molecule has 0 aliphatic carbocycles. The van der Waals surface area contributed by atoms with E-state index in [2.05, 4.69) is 76.9 Å².